The first-order valence-electron chi connectivity index (χ1n) is 5.36. The van der Waals surface area contributed by atoms with Crippen molar-refractivity contribution in [2.45, 2.75) is 24.5 Å². The minimum absolute atomic E-state index is 0.177. The Bertz CT molecular complexity index is 241. The van der Waals surface area contributed by atoms with E-state index in [0.29, 0.717) is 11.8 Å². The van der Waals surface area contributed by atoms with Crippen LogP contribution in [-0.2, 0) is 14.3 Å². The molecule has 0 aliphatic carbocycles. The van der Waals surface area contributed by atoms with E-state index < -0.39 is 12.6 Å². The van der Waals surface area contributed by atoms with Crippen LogP contribution < -0.4 is 5.32 Å². The Kier molecular flexibility index (Phi) is 6.25. The summed E-state index contributed by atoms with van der Waals surface area (Å²) in [6.07, 6.45) is 3.63. The van der Waals surface area contributed by atoms with Crippen LogP contribution in [0.15, 0.2) is 0 Å². The summed E-state index contributed by atoms with van der Waals surface area (Å²) in [6.45, 7) is 0.0508. The summed E-state index contributed by atoms with van der Waals surface area (Å²) in [4.78, 5) is 21.4. The van der Waals surface area contributed by atoms with Crippen LogP contribution in [0.4, 0.5) is 0 Å². The number of ether oxygens (including phenoxy) is 1. The Labute approximate surface area is 98.9 Å². The van der Waals surface area contributed by atoms with E-state index in [1.807, 2.05) is 11.8 Å². The standard InChI is InChI=1S/C10H17NO4S/c12-9(6-15-7-10(13)14)11-5-8-3-1-2-4-16-8/h8H,1-7H2,(H,11,12)(H,13,14). The number of hydrogen-bond acceptors (Lipinski definition) is 4. The lowest BCUT2D eigenvalue weighted by atomic mass is 10.2. The van der Waals surface area contributed by atoms with Gasteiger partial charge in [0.2, 0.25) is 5.91 Å². The van der Waals surface area contributed by atoms with E-state index in [0.717, 1.165) is 12.2 Å². The van der Waals surface area contributed by atoms with Crippen molar-refractivity contribution in [1.29, 1.82) is 0 Å². The van der Waals surface area contributed by atoms with Crippen LogP contribution in [0.5, 0.6) is 0 Å². The maximum absolute atomic E-state index is 11.2. The number of rotatable bonds is 6. The number of thioether (sulfide) groups is 1. The highest BCUT2D eigenvalue weighted by molar-refractivity contribution is 7.99. The summed E-state index contributed by atoms with van der Waals surface area (Å²) in [5.41, 5.74) is 0. The Morgan fingerprint density at radius 2 is 2.19 bits per heavy atom. The monoisotopic (exact) mass is 247 g/mol. The highest BCUT2D eigenvalue weighted by Crippen LogP contribution is 2.24. The summed E-state index contributed by atoms with van der Waals surface area (Å²) in [5.74, 6) is -0.140. The van der Waals surface area contributed by atoms with Crippen molar-refractivity contribution in [2.24, 2.45) is 0 Å². The molecule has 0 radical (unpaired) electrons. The fourth-order valence-electron chi connectivity index (χ4n) is 1.48. The van der Waals surface area contributed by atoms with Crippen LogP contribution in [0.1, 0.15) is 19.3 Å². The number of carboxylic acid groups (broad SMARTS) is 1. The molecule has 1 aliphatic heterocycles. The van der Waals surface area contributed by atoms with Crippen molar-refractivity contribution in [2.75, 3.05) is 25.5 Å². The van der Waals surface area contributed by atoms with Gasteiger partial charge in [-0.25, -0.2) is 4.79 Å². The molecule has 1 saturated heterocycles. The number of carbonyl (C=O) groups is 2. The highest BCUT2D eigenvalue weighted by Gasteiger charge is 2.14. The highest BCUT2D eigenvalue weighted by atomic mass is 32.2. The van der Waals surface area contributed by atoms with E-state index in [9.17, 15) is 9.59 Å². The van der Waals surface area contributed by atoms with Gasteiger partial charge in [-0.15, -0.1) is 0 Å². The van der Waals surface area contributed by atoms with Crippen LogP contribution in [0.3, 0.4) is 0 Å². The zero-order valence-corrected chi connectivity index (χ0v) is 9.92. The minimum atomic E-state index is -1.06. The van der Waals surface area contributed by atoms with Crippen molar-refractivity contribution in [3.8, 4) is 0 Å². The number of nitrogens with one attached hydrogen (secondary N) is 1. The topological polar surface area (TPSA) is 75.6 Å². The van der Waals surface area contributed by atoms with Crippen LogP contribution in [0.25, 0.3) is 0 Å². The van der Waals surface area contributed by atoms with Crippen LogP contribution >= 0.6 is 11.8 Å². The van der Waals surface area contributed by atoms with Gasteiger partial charge in [-0.1, -0.05) is 6.42 Å². The predicted molar refractivity (Wildman–Crippen MR) is 61.6 cm³/mol. The minimum Gasteiger partial charge on any atom is -0.480 e. The van der Waals surface area contributed by atoms with Gasteiger partial charge >= 0.3 is 5.97 Å². The maximum atomic E-state index is 11.2. The summed E-state index contributed by atoms with van der Waals surface area (Å²) < 4.78 is 4.68. The first-order valence-corrected chi connectivity index (χ1v) is 6.41. The van der Waals surface area contributed by atoms with E-state index in [-0.39, 0.29) is 12.5 Å². The second kappa shape index (κ2) is 7.51. The molecule has 1 rings (SSSR count). The van der Waals surface area contributed by atoms with Gasteiger partial charge in [0.15, 0.2) is 0 Å². The van der Waals surface area contributed by atoms with Crippen molar-refractivity contribution in [1.82, 2.24) is 5.32 Å². The average Bonchev–Trinajstić information content (AvgIpc) is 2.27. The van der Waals surface area contributed by atoms with E-state index in [4.69, 9.17) is 5.11 Å². The molecule has 6 heteroatoms. The van der Waals surface area contributed by atoms with Gasteiger partial charge in [-0.05, 0) is 18.6 Å². The van der Waals surface area contributed by atoms with Crippen LogP contribution in [0.2, 0.25) is 0 Å². The molecule has 0 aromatic carbocycles. The Balaban J connectivity index is 2.02. The van der Waals surface area contributed by atoms with Gasteiger partial charge in [0, 0.05) is 11.8 Å². The second-order valence-electron chi connectivity index (χ2n) is 3.68. The van der Waals surface area contributed by atoms with Crippen molar-refractivity contribution < 1.29 is 19.4 Å². The molecule has 0 spiro atoms. The van der Waals surface area contributed by atoms with Gasteiger partial charge < -0.3 is 15.2 Å². The molecule has 1 heterocycles. The molecule has 2 N–H and O–H groups in total. The van der Waals surface area contributed by atoms with E-state index in [1.165, 1.54) is 12.8 Å². The molecule has 1 unspecified atom stereocenters. The van der Waals surface area contributed by atoms with Crippen molar-refractivity contribution in [3.63, 3.8) is 0 Å². The van der Waals surface area contributed by atoms with Crippen LogP contribution in [0, 0.1) is 0 Å². The molecule has 0 saturated carbocycles. The van der Waals surface area contributed by atoms with Gasteiger partial charge in [0.1, 0.15) is 13.2 Å². The molecule has 92 valence electrons. The molecule has 0 aromatic rings. The molecule has 1 aliphatic rings. The largest absolute Gasteiger partial charge is 0.480 e. The summed E-state index contributed by atoms with van der Waals surface area (Å²) in [6, 6.07) is 0. The molecular weight excluding hydrogens is 230 g/mol. The Morgan fingerprint density at radius 1 is 1.38 bits per heavy atom. The zero-order valence-electron chi connectivity index (χ0n) is 9.11. The number of amides is 1. The lowest BCUT2D eigenvalue weighted by molar-refractivity contribution is -0.143. The lowest BCUT2D eigenvalue weighted by Crippen LogP contribution is -2.34. The third-order valence-corrected chi connectivity index (χ3v) is 3.66. The molecular formula is C10H17NO4S. The lowest BCUT2D eigenvalue weighted by Gasteiger charge is -2.21. The number of aliphatic carboxylic acids is 1. The normalized spacial score (nSPS) is 20.4. The number of hydrogen-bond donors (Lipinski definition) is 2. The van der Waals surface area contributed by atoms with Gasteiger partial charge in [-0.2, -0.15) is 11.8 Å². The Morgan fingerprint density at radius 3 is 2.81 bits per heavy atom. The number of carboxylic acids is 1. The molecule has 1 amide bonds. The quantitative estimate of drug-likeness (QED) is 0.714. The summed E-state index contributed by atoms with van der Waals surface area (Å²) in [5, 5.41) is 11.5. The first kappa shape index (κ1) is 13.3. The molecule has 16 heavy (non-hydrogen) atoms. The Hall–Kier alpha value is -0.750. The molecule has 1 fully saturated rings. The maximum Gasteiger partial charge on any atom is 0.329 e. The average molecular weight is 247 g/mol. The zero-order chi connectivity index (χ0) is 11.8. The van der Waals surface area contributed by atoms with Gasteiger partial charge in [0.05, 0.1) is 0 Å². The number of carbonyl (C=O) groups excluding carboxylic acids is 1. The summed E-state index contributed by atoms with van der Waals surface area (Å²) in [7, 11) is 0. The third-order valence-electron chi connectivity index (χ3n) is 2.26. The molecule has 5 nitrogen and oxygen atoms in total. The van der Waals surface area contributed by atoms with Crippen molar-refractivity contribution >= 4 is 23.6 Å². The van der Waals surface area contributed by atoms with Crippen molar-refractivity contribution in [3.05, 3.63) is 0 Å². The smallest absolute Gasteiger partial charge is 0.329 e. The van der Waals surface area contributed by atoms with E-state index >= 15 is 0 Å². The molecule has 0 aromatic heterocycles. The van der Waals surface area contributed by atoms with Crippen LogP contribution in [-0.4, -0.2) is 47.7 Å². The van der Waals surface area contributed by atoms with Gasteiger partial charge in [-0.3, -0.25) is 4.79 Å². The van der Waals surface area contributed by atoms with E-state index in [1.54, 1.807) is 0 Å². The molecule has 0 bridgehead atoms. The predicted octanol–water partition coefficient (Wildman–Crippen LogP) is 0.489. The molecule has 1 atom stereocenters. The summed E-state index contributed by atoms with van der Waals surface area (Å²) >= 11 is 1.88. The first-order chi connectivity index (χ1) is 7.68. The van der Waals surface area contributed by atoms with Gasteiger partial charge in [0.25, 0.3) is 0 Å². The second-order valence-corrected chi connectivity index (χ2v) is 5.09. The fraction of sp³-hybridized carbons (Fsp3) is 0.800. The fourth-order valence-corrected chi connectivity index (χ4v) is 2.72. The third kappa shape index (κ3) is 5.97. The van der Waals surface area contributed by atoms with E-state index in [2.05, 4.69) is 10.1 Å². The SMILES string of the molecule is O=C(O)COCC(=O)NCC1CCCCS1.